The molecule has 0 saturated carbocycles. The van der Waals surface area contributed by atoms with Gasteiger partial charge in [-0.2, -0.15) is 5.10 Å². The number of aromatic nitrogens is 2. The highest BCUT2D eigenvalue weighted by Crippen LogP contribution is 2.33. The second kappa shape index (κ2) is 5.70. The van der Waals surface area contributed by atoms with E-state index in [1.54, 1.807) is 0 Å². The Labute approximate surface area is 130 Å². The fourth-order valence-electron chi connectivity index (χ4n) is 2.67. The van der Waals surface area contributed by atoms with E-state index in [4.69, 9.17) is 16.3 Å². The lowest BCUT2D eigenvalue weighted by molar-refractivity contribution is 0.242. The molecule has 0 spiro atoms. The summed E-state index contributed by atoms with van der Waals surface area (Å²) in [5.41, 5.74) is 4.54. The molecule has 0 radical (unpaired) electrons. The highest BCUT2D eigenvalue weighted by atomic mass is 35.5. The molecule has 3 rings (SSSR count). The Hall–Kier alpha value is -1.52. The van der Waals surface area contributed by atoms with E-state index < -0.39 is 0 Å². The van der Waals surface area contributed by atoms with E-state index >= 15 is 0 Å². The van der Waals surface area contributed by atoms with Gasteiger partial charge in [-0.3, -0.25) is 5.10 Å². The predicted octanol–water partition coefficient (Wildman–Crippen LogP) is 3.51. The van der Waals surface area contributed by atoms with Crippen LogP contribution in [0.1, 0.15) is 25.1 Å². The smallest absolute Gasteiger partial charge is 0.138 e. The van der Waals surface area contributed by atoms with Gasteiger partial charge in [0.1, 0.15) is 5.75 Å². The number of fused-ring (bicyclic) bond motifs is 1. The second-order valence-electron chi connectivity index (χ2n) is 5.83. The Balaban J connectivity index is 1.95. The van der Waals surface area contributed by atoms with Crippen LogP contribution < -0.4 is 4.74 Å². The first-order valence-electron chi connectivity index (χ1n) is 7.26. The molecule has 0 aliphatic carbocycles. The van der Waals surface area contributed by atoms with Crippen molar-refractivity contribution in [2.24, 2.45) is 0 Å². The highest BCUT2D eigenvalue weighted by Gasteiger charge is 2.21. The van der Waals surface area contributed by atoms with E-state index in [0.717, 1.165) is 36.5 Å². The summed E-state index contributed by atoms with van der Waals surface area (Å²) < 4.78 is 5.68. The van der Waals surface area contributed by atoms with Crippen molar-refractivity contribution in [3.63, 3.8) is 0 Å². The Bertz CT molecular complexity index is 651. The molecule has 2 aromatic rings. The van der Waals surface area contributed by atoms with Gasteiger partial charge in [-0.05, 0) is 39.1 Å². The fourth-order valence-corrected chi connectivity index (χ4v) is 2.89. The molecule has 0 amide bonds. The van der Waals surface area contributed by atoms with E-state index in [1.807, 2.05) is 32.0 Å². The molecular formula is C16H20ClN3O. The summed E-state index contributed by atoms with van der Waals surface area (Å²) in [6, 6.07) is 5.88. The van der Waals surface area contributed by atoms with Crippen LogP contribution in [0.3, 0.4) is 0 Å². The van der Waals surface area contributed by atoms with Crippen molar-refractivity contribution in [1.82, 2.24) is 15.1 Å². The number of aromatic amines is 1. The molecule has 112 valence electrons. The molecule has 0 saturated heterocycles. The van der Waals surface area contributed by atoms with Gasteiger partial charge >= 0.3 is 0 Å². The molecular weight excluding hydrogens is 286 g/mol. The molecule has 4 nitrogen and oxygen atoms in total. The molecule has 2 heterocycles. The van der Waals surface area contributed by atoms with Gasteiger partial charge in [0.25, 0.3) is 0 Å². The third-order valence-electron chi connectivity index (χ3n) is 3.69. The Kier molecular flexibility index (Phi) is 3.91. The molecule has 0 bridgehead atoms. The van der Waals surface area contributed by atoms with Crippen LogP contribution in [0.15, 0.2) is 18.2 Å². The molecule has 0 fully saturated rings. The molecule has 0 unspecified atom stereocenters. The van der Waals surface area contributed by atoms with Crippen LogP contribution in [0.5, 0.6) is 5.75 Å². The number of nitrogens with one attached hydrogen (secondary N) is 1. The van der Waals surface area contributed by atoms with Gasteiger partial charge in [0, 0.05) is 36.3 Å². The second-order valence-corrected chi connectivity index (χ2v) is 6.24. The van der Waals surface area contributed by atoms with E-state index in [9.17, 15) is 0 Å². The summed E-state index contributed by atoms with van der Waals surface area (Å²) in [5, 5.41) is 8.27. The third kappa shape index (κ3) is 2.92. The van der Waals surface area contributed by atoms with Crippen LogP contribution in [0, 0.1) is 0 Å². The number of halogens is 1. The van der Waals surface area contributed by atoms with Crippen molar-refractivity contribution in [2.45, 2.75) is 32.9 Å². The first kappa shape index (κ1) is 14.4. The summed E-state index contributed by atoms with van der Waals surface area (Å²) in [6.45, 7) is 5.97. The molecule has 1 aliphatic rings. The zero-order chi connectivity index (χ0) is 15.0. The van der Waals surface area contributed by atoms with Crippen LogP contribution >= 0.6 is 11.6 Å². The molecule has 1 aliphatic heterocycles. The van der Waals surface area contributed by atoms with Crippen LogP contribution in [-0.2, 0) is 13.0 Å². The largest absolute Gasteiger partial charge is 0.489 e. The number of nitrogens with zero attached hydrogens (tertiary/aromatic N) is 2. The maximum Gasteiger partial charge on any atom is 0.138 e. The summed E-state index contributed by atoms with van der Waals surface area (Å²) in [5.74, 6) is 0.719. The SMILES string of the molecule is CC(C)Oc1ccc(-c2n[nH]c3c2CN(C)CC3)cc1Cl. The van der Waals surface area contributed by atoms with Crippen LogP contribution in [0.2, 0.25) is 5.02 Å². The minimum absolute atomic E-state index is 0.111. The zero-order valence-electron chi connectivity index (χ0n) is 12.6. The van der Waals surface area contributed by atoms with Crippen LogP contribution in [-0.4, -0.2) is 34.8 Å². The lowest BCUT2D eigenvalue weighted by Crippen LogP contribution is -2.26. The zero-order valence-corrected chi connectivity index (χ0v) is 13.4. The quantitative estimate of drug-likeness (QED) is 0.943. The van der Waals surface area contributed by atoms with Crippen molar-refractivity contribution in [3.8, 4) is 17.0 Å². The van der Waals surface area contributed by atoms with Gasteiger partial charge in [-0.15, -0.1) is 0 Å². The summed E-state index contributed by atoms with van der Waals surface area (Å²) in [7, 11) is 2.13. The van der Waals surface area contributed by atoms with Gasteiger partial charge < -0.3 is 9.64 Å². The number of ether oxygens (including phenoxy) is 1. The summed E-state index contributed by atoms with van der Waals surface area (Å²) in [4.78, 5) is 2.30. The van der Waals surface area contributed by atoms with Gasteiger partial charge in [0.05, 0.1) is 16.8 Å². The average molecular weight is 306 g/mol. The number of likely N-dealkylation sites (N-methyl/N-ethyl adjacent to an activating group) is 1. The minimum Gasteiger partial charge on any atom is -0.489 e. The number of hydrogen-bond donors (Lipinski definition) is 1. The molecule has 5 heteroatoms. The van der Waals surface area contributed by atoms with Crippen LogP contribution in [0.4, 0.5) is 0 Å². The third-order valence-corrected chi connectivity index (χ3v) is 3.99. The van der Waals surface area contributed by atoms with Gasteiger partial charge in [-0.1, -0.05) is 11.6 Å². The summed E-state index contributed by atoms with van der Waals surface area (Å²) >= 11 is 6.33. The monoisotopic (exact) mass is 305 g/mol. The number of rotatable bonds is 3. The molecule has 21 heavy (non-hydrogen) atoms. The van der Waals surface area contributed by atoms with Crippen molar-refractivity contribution < 1.29 is 4.74 Å². The van der Waals surface area contributed by atoms with E-state index in [0.29, 0.717) is 5.02 Å². The van der Waals surface area contributed by atoms with Crippen molar-refractivity contribution in [1.29, 1.82) is 0 Å². The molecule has 1 aromatic heterocycles. The normalized spacial score (nSPS) is 15.3. The molecule has 1 aromatic carbocycles. The predicted molar refractivity (Wildman–Crippen MR) is 84.8 cm³/mol. The number of benzene rings is 1. The van der Waals surface area contributed by atoms with Gasteiger partial charge in [0.15, 0.2) is 0 Å². The first-order chi connectivity index (χ1) is 10.0. The fraction of sp³-hybridized carbons (Fsp3) is 0.438. The lowest BCUT2D eigenvalue weighted by atomic mass is 10.0. The Morgan fingerprint density at radius 2 is 2.19 bits per heavy atom. The lowest BCUT2D eigenvalue weighted by Gasteiger charge is -2.22. The maximum absolute atomic E-state index is 6.33. The minimum atomic E-state index is 0.111. The van der Waals surface area contributed by atoms with Crippen molar-refractivity contribution in [2.75, 3.05) is 13.6 Å². The van der Waals surface area contributed by atoms with E-state index in [1.165, 1.54) is 11.3 Å². The maximum atomic E-state index is 6.33. The van der Waals surface area contributed by atoms with Gasteiger partial charge in [-0.25, -0.2) is 0 Å². The van der Waals surface area contributed by atoms with E-state index in [2.05, 4.69) is 22.1 Å². The standard InChI is InChI=1S/C16H20ClN3O/c1-10(2)21-15-5-4-11(8-13(15)17)16-12-9-20(3)7-6-14(12)18-19-16/h4-5,8,10H,6-7,9H2,1-3H3,(H,18,19). The Morgan fingerprint density at radius 1 is 1.38 bits per heavy atom. The molecule has 0 atom stereocenters. The van der Waals surface area contributed by atoms with Crippen molar-refractivity contribution >= 4 is 11.6 Å². The first-order valence-corrected chi connectivity index (χ1v) is 7.63. The number of H-pyrrole nitrogens is 1. The highest BCUT2D eigenvalue weighted by molar-refractivity contribution is 6.32. The topological polar surface area (TPSA) is 41.1 Å². The summed E-state index contributed by atoms with van der Waals surface area (Å²) in [6.07, 6.45) is 1.13. The van der Waals surface area contributed by atoms with Gasteiger partial charge in [0.2, 0.25) is 0 Å². The molecule has 1 N–H and O–H groups in total. The van der Waals surface area contributed by atoms with Crippen molar-refractivity contribution in [3.05, 3.63) is 34.5 Å². The van der Waals surface area contributed by atoms with E-state index in [-0.39, 0.29) is 6.10 Å². The van der Waals surface area contributed by atoms with Crippen LogP contribution in [0.25, 0.3) is 11.3 Å². The average Bonchev–Trinajstić information content (AvgIpc) is 2.83. The Morgan fingerprint density at radius 3 is 2.90 bits per heavy atom. The number of hydrogen-bond acceptors (Lipinski definition) is 3.